The minimum atomic E-state index is -0.612. The number of nitrogens with two attached hydrogens (primary N) is 1. The first-order chi connectivity index (χ1) is 9.88. The Kier molecular flexibility index (Phi) is 4.40. The van der Waals surface area contributed by atoms with E-state index in [4.69, 9.17) is 29.6 Å². The van der Waals surface area contributed by atoms with Crippen molar-refractivity contribution in [3.05, 3.63) is 58.4 Å². The number of anilines is 1. The molecule has 7 heteroatoms. The molecule has 0 heterocycles. The predicted octanol–water partition coefficient (Wildman–Crippen LogP) is 3.07. The molecule has 0 radical (unpaired) electrons. The zero-order valence-electron chi connectivity index (χ0n) is 10.6. The molecule has 0 aliphatic rings. The first kappa shape index (κ1) is 15.2. The van der Waals surface area contributed by atoms with Crippen LogP contribution >= 0.6 is 23.8 Å². The van der Waals surface area contributed by atoms with Crippen molar-refractivity contribution in [2.75, 3.05) is 5.32 Å². The Morgan fingerprint density at radius 3 is 2.62 bits per heavy atom. The van der Waals surface area contributed by atoms with E-state index in [2.05, 4.69) is 5.32 Å². The van der Waals surface area contributed by atoms with Gasteiger partial charge in [-0.05, 0) is 36.4 Å². The topological polar surface area (TPSA) is 75.3 Å². The summed E-state index contributed by atoms with van der Waals surface area (Å²) in [6, 6.07) is 7.69. The summed E-state index contributed by atoms with van der Waals surface area (Å²) in [7, 11) is 0. The van der Waals surface area contributed by atoms with Crippen LogP contribution in [-0.4, -0.2) is 16.0 Å². The third kappa shape index (κ3) is 3.48. The van der Waals surface area contributed by atoms with Gasteiger partial charge in [-0.25, -0.2) is 4.39 Å². The predicted molar refractivity (Wildman–Crippen MR) is 83.4 cm³/mol. The van der Waals surface area contributed by atoms with Gasteiger partial charge >= 0.3 is 0 Å². The highest BCUT2D eigenvalue weighted by molar-refractivity contribution is 7.80. The first-order valence-electron chi connectivity index (χ1n) is 5.77. The van der Waals surface area contributed by atoms with Crippen LogP contribution in [-0.2, 0) is 0 Å². The van der Waals surface area contributed by atoms with Crippen LogP contribution in [0, 0.1) is 5.82 Å². The highest BCUT2D eigenvalue weighted by Crippen LogP contribution is 2.24. The van der Waals surface area contributed by atoms with E-state index in [9.17, 15) is 14.3 Å². The second kappa shape index (κ2) is 6.07. The molecule has 21 heavy (non-hydrogen) atoms. The molecule has 0 fully saturated rings. The van der Waals surface area contributed by atoms with Crippen molar-refractivity contribution in [3.63, 3.8) is 0 Å². The van der Waals surface area contributed by atoms with Crippen LogP contribution in [0.2, 0.25) is 5.02 Å². The number of carbonyl (C=O) groups is 1. The van der Waals surface area contributed by atoms with Crippen LogP contribution in [0.3, 0.4) is 0 Å². The van der Waals surface area contributed by atoms with Crippen LogP contribution in [0.1, 0.15) is 15.9 Å². The van der Waals surface area contributed by atoms with E-state index in [1.807, 2.05) is 0 Å². The van der Waals surface area contributed by atoms with Gasteiger partial charge in [-0.3, -0.25) is 4.79 Å². The quantitative estimate of drug-likeness (QED) is 0.758. The summed E-state index contributed by atoms with van der Waals surface area (Å²) in [5.74, 6) is -1.36. The van der Waals surface area contributed by atoms with E-state index >= 15 is 0 Å². The molecule has 0 unspecified atom stereocenters. The fourth-order valence-corrected chi connectivity index (χ4v) is 2.05. The van der Waals surface area contributed by atoms with Crippen molar-refractivity contribution in [2.24, 2.45) is 5.73 Å². The maximum Gasteiger partial charge on any atom is 0.259 e. The molecule has 0 bridgehead atoms. The smallest absolute Gasteiger partial charge is 0.259 e. The van der Waals surface area contributed by atoms with Gasteiger partial charge in [0.05, 0.1) is 11.3 Å². The van der Waals surface area contributed by atoms with Crippen LogP contribution in [0.15, 0.2) is 36.4 Å². The van der Waals surface area contributed by atoms with E-state index < -0.39 is 11.7 Å². The standard InChI is InChI=1S/C14H10ClFN2O2S/c15-7-1-4-12(19)10(5-7)14(20)18-11-3-2-8(16)6-9(11)13(17)21/h1-6,19H,(H2,17,21)(H,18,20). The molecular weight excluding hydrogens is 315 g/mol. The fourth-order valence-electron chi connectivity index (χ4n) is 1.71. The molecule has 0 saturated carbocycles. The van der Waals surface area contributed by atoms with Crippen LogP contribution in [0.4, 0.5) is 10.1 Å². The molecular formula is C14H10ClFN2O2S. The fraction of sp³-hybridized carbons (Fsp3) is 0. The Balaban J connectivity index is 2.36. The summed E-state index contributed by atoms with van der Waals surface area (Å²) in [5.41, 5.74) is 5.92. The molecule has 2 aromatic carbocycles. The summed E-state index contributed by atoms with van der Waals surface area (Å²) in [4.78, 5) is 12.1. The first-order valence-corrected chi connectivity index (χ1v) is 6.56. The molecule has 0 spiro atoms. The van der Waals surface area contributed by atoms with Gasteiger partial charge in [-0.2, -0.15) is 0 Å². The van der Waals surface area contributed by atoms with Crippen LogP contribution in [0.5, 0.6) is 5.75 Å². The summed E-state index contributed by atoms with van der Waals surface area (Å²) in [6.07, 6.45) is 0. The highest BCUT2D eigenvalue weighted by atomic mass is 35.5. The van der Waals surface area contributed by atoms with E-state index in [1.54, 1.807) is 0 Å². The van der Waals surface area contributed by atoms with E-state index in [1.165, 1.54) is 24.3 Å². The Bertz CT molecular complexity index is 737. The summed E-state index contributed by atoms with van der Waals surface area (Å²) in [5, 5.41) is 12.5. The van der Waals surface area contributed by atoms with E-state index in [0.29, 0.717) is 5.02 Å². The number of rotatable bonds is 3. The number of thiocarbonyl (C=S) groups is 1. The number of carbonyl (C=O) groups excluding carboxylic acids is 1. The van der Waals surface area contributed by atoms with Gasteiger partial charge in [0.2, 0.25) is 0 Å². The summed E-state index contributed by atoms with van der Waals surface area (Å²) >= 11 is 10.6. The van der Waals surface area contributed by atoms with Gasteiger partial charge in [0.25, 0.3) is 5.91 Å². The number of phenolic OH excluding ortho intramolecular Hbond substituents is 1. The monoisotopic (exact) mass is 324 g/mol. The van der Waals surface area contributed by atoms with Gasteiger partial charge in [0.15, 0.2) is 0 Å². The second-order valence-corrected chi connectivity index (χ2v) is 5.05. The van der Waals surface area contributed by atoms with Crippen LogP contribution < -0.4 is 11.1 Å². The molecule has 4 nitrogen and oxygen atoms in total. The van der Waals surface area contributed by atoms with Gasteiger partial charge in [0, 0.05) is 10.6 Å². The maximum absolute atomic E-state index is 13.2. The van der Waals surface area contributed by atoms with Gasteiger partial charge in [-0.1, -0.05) is 23.8 Å². The molecule has 1 amide bonds. The number of aromatic hydroxyl groups is 1. The third-order valence-electron chi connectivity index (χ3n) is 2.70. The lowest BCUT2D eigenvalue weighted by Gasteiger charge is -2.11. The molecule has 0 saturated heterocycles. The van der Waals surface area contributed by atoms with Crippen molar-refractivity contribution in [1.82, 2.24) is 0 Å². The van der Waals surface area contributed by atoms with Crippen molar-refractivity contribution >= 4 is 40.4 Å². The molecule has 2 rings (SSSR count). The Morgan fingerprint density at radius 1 is 1.24 bits per heavy atom. The average Bonchev–Trinajstić information content (AvgIpc) is 2.43. The molecule has 4 N–H and O–H groups in total. The van der Waals surface area contributed by atoms with E-state index in [0.717, 1.165) is 12.1 Å². The molecule has 0 aliphatic heterocycles. The number of benzene rings is 2. The van der Waals surface area contributed by atoms with Gasteiger partial charge < -0.3 is 16.2 Å². The lowest BCUT2D eigenvalue weighted by atomic mass is 10.1. The Hall–Kier alpha value is -2.18. The lowest BCUT2D eigenvalue weighted by Crippen LogP contribution is -2.18. The molecule has 108 valence electrons. The zero-order valence-corrected chi connectivity index (χ0v) is 12.1. The Morgan fingerprint density at radius 2 is 1.95 bits per heavy atom. The molecule has 2 aromatic rings. The van der Waals surface area contributed by atoms with Crippen LogP contribution in [0.25, 0.3) is 0 Å². The number of hydrogen-bond donors (Lipinski definition) is 3. The van der Waals surface area contributed by atoms with Gasteiger partial charge in [0.1, 0.15) is 16.6 Å². The van der Waals surface area contributed by atoms with Crippen molar-refractivity contribution in [3.8, 4) is 5.75 Å². The van der Waals surface area contributed by atoms with E-state index in [-0.39, 0.29) is 27.6 Å². The summed E-state index contributed by atoms with van der Waals surface area (Å²) in [6.45, 7) is 0. The highest BCUT2D eigenvalue weighted by Gasteiger charge is 2.15. The lowest BCUT2D eigenvalue weighted by molar-refractivity contribution is 0.102. The average molecular weight is 325 g/mol. The molecule has 0 atom stereocenters. The number of halogens is 2. The maximum atomic E-state index is 13.2. The Labute approximate surface area is 130 Å². The molecule has 0 aliphatic carbocycles. The SMILES string of the molecule is NC(=S)c1cc(F)ccc1NC(=O)c1cc(Cl)ccc1O. The number of phenols is 1. The van der Waals surface area contributed by atoms with Gasteiger partial charge in [-0.15, -0.1) is 0 Å². The zero-order chi connectivity index (χ0) is 15.6. The number of nitrogens with one attached hydrogen (secondary N) is 1. The van der Waals surface area contributed by atoms with Crippen molar-refractivity contribution in [1.29, 1.82) is 0 Å². The number of hydrogen-bond acceptors (Lipinski definition) is 3. The minimum Gasteiger partial charge on any atom is -0.507 e. The second-order valence-electron chi connectivity index (χ2n) is 4.17. The van der Waals surface area contributed by atoms with Crippen molar-refractivity contribution < 1.29 is 14.3 Å². The molecule has 0 aromatic heterocycles. The third-order valence-corrected chi connectivity index (χ3v) is 3.15. The minimum absolute atomic E-state index is 0.0132. The normalized spacial score (nSPS) is 10.2. The van der Waals surface area contributed by atoms with Crippen molar-refractivity contribution in [2.45, 2.75) is 0 Å². The number of amides is 1. The largest absolute Gasteiger partial charge is 0.507 e. The summed E-state index contributed by atoms with van der Waals surface area (Å²) < 4.78 is 13.2.